The molecule has 2 heterocycles. The van der Waals surface area contributed by atoms with Gasteiger partial charge < -0.3 is 0 Å². The zero-order valence-electron chi connectivity index (χ0n) is 9.62. The molecule has 0 amide bonds. The van der Waals surface area contributed by atoms with Crippen molar-refractivity contribution in [2.75, 3.05) is 5.75 Å². The summed E-state index contributed by atoms with van der Waals surface area (Å²) in [5.41, 5.74) is 1.40. The van der Waals surface area contributed by atoms with Crippen LogP contribution < -0.4 is 0 Å². The predicted molar refractivity (Wildman–Crippen MR) is 75.5 cm³/mol. The van der Waals surface area contributed by atoms with Gasteiger partial charge in [-0.1, -0.05) is 30.3 Å². The van der Waals surface area contributed by atoms with Gasteiger partial charge >= 0.3 is 0 Å². The van der Waals surface area contributed by atoms with E-state index in [2.05, 4.69) is 16.9 Å². The maximum absolute atomic E-state index is 6.31. The van der Waals surface area contributed by atoms with E-state index in [-0.39, 0.29) is 0 Å². The second kappa shape index (κ2) is 4.75. The lowest BCUT2D eigenvalue weighted by Gasteiger charge is -2.01. The van der Waals surface area contributed by atoms with Crippen molar-refractivity contribution >= 4 is 44.9 Å². The number of hydrogen-bond acceptors (Lipinski definition) is 4. The number of halogens is 1. The Balaban J connectivity index is 2.08. The van der Waals surface area contributed by atoms with Gasteiger partial charge in [0.1, 0.15) is 9.98 Å². The molecule has 0 aromatic carbocycles. The summed E-state index contributed by atoms with van der Waals surface area (Å²) in [5, 5.41) is 2.59. The fraction of sp³-hybridized carbons (Fsp3) is 0.500. The van der Waals surface area contributed by atoms with Gasteiger partial charge in [-0.3, -0.25) is 0 Å². The molecule has 0 atom stereocenters. The zero-order valence-corrected chi connectivity index (χ0v) is 12.0. The first-order valence-electron chi connectivity index (χ1n) is 5.90. The molecule has 0 fully saturated rings. The molecule has 0 N–H and O–H groups in total. The molecular weight excluding hydrogens is 272 g/mol. The summed E-state index contributed by atoms with van der Waals surface area (Å²) in [4.78, 5) is 11.6. The van der Waals surface area contributed by atoms with Crippen LogP contribution in [0.15, 0.2) is 5.16 Å². The fourth-order valence-corrected chi connectivity index (χ4v) is 4.60. The van der Waals surface area contributed by atoms with E-state index in [1.54, 1.807) is 23.1 Å². The van der Waals surface area contributed by atoms with Gasteiger partial charge in [-0.25, -0.2) is 9.97 Å². The molecule has 1 aliphatic rings. The van der Waals surface area contributed by atoms with Crippen molar-refractivity contribution < 1.29 is 0 Å². The molecule has 2 nitrogen and oxygen atoms in total. The Hall–Kier alpha value is -0.320. The minimum absolute atomic E-state index is 0.646. The Bertz CT molecular complexity index is 565. The molecule has 2 aromatic heterocycles. The summed E-state index contributed by atoms with van der Waals surface area (Å²) in [7, 11) is 0. The Kier molecular flexibility index (Phi) is 3.28. The number of rotatable bonds is 3. The van der Waals surface area contributed by atoms with Gasteiger partial charge in [0.2, 0.25) is 0 Å². The van der Waals surface area contributed by atoms with Gasteiger partial charge in [-0.05, 0) is 31.2 Å². The Morgan fingerprint density at radius 2 is 2.24 bits per heavy atom. The topological polar surface area (TPSA) is 25.8 Å². The maximum atomic E-state index is 6.31. The number of thiophene rings is 1. The molecule has 3 rings (SSSR count). The lowest BCUT2D eigenvalue weighted by Crippen LogP contribution is -1.90. The van der Waals surface area contributed by atoms with Crippen molar-refractivity contribution in [2.24, 2.45) is 0 Å². The van der Waals surface area contributed by atoms with Crippen molar-refractivity contribution in [1.29, 1.82) is 0 Å². The van der Waals surface area contributed by atoms with Crippen LogP contribution in [0.5, 0.6) is 0 Å². The van der Waals surface area contributed by atoms with E-state index in [0.29, 0.717) is 5.15 Å². The number of hydrogen-bond donors (Lipinski definition) is 0. The van der Waals surface area contributed by atoms with Crippen molar-refractivity contribution in [3.63, 3.8) is 0 Å². The monoisotopic (exact) mass is 284 g/mol. The largest absolute Gasteiger partial charge is 0.211 e. The van der Waals surface area contributed by atoms with E-state index in [0.717, 1.165) is 34.0 Å². The Morgan fingerprint density at radius 1 is 1.35 bits per heavy atom. The molecule has 0 bridgehead atoms. The van der Waals surface area contributed by atoms with Crippen LogP contribution in [0.4, 0.5) is 0 Å². The van der Waals surface area contributed by atoms with Gasteiger partial charge in [0.05, 0.1) is 5.39 Å². The van der Waals surface area contributed by atoms with Crippen LogP contribution in [0, 0.1) is 0 Å². The second-order valence-corrected chi connectivity index (χ2v) is 6.69. The van der Waals surface area contributed by atoms with E-state index in [4.69, 9.17) is 11.6 Å². The number of aryl methyl sites for hydroxylation is 2. The predicted octanol–water partition coefficient (Wildman–Crippen LogP) is 4.34. The lowest BCUT2D eigenvalue weighted by molar-refractivity contribution is 0.915. The third kappa shape index (κ3) is 2.07. The van der Waals surface area contributed by atoms with Crippen molar-refractivity contribution in [3.8, 4) is 0 Å². The third-order valence-corrected chi connectivity index (χ3v) is 5.45. The highest BCUT2D eigenvalue weighted by Crippen LogP contribution is 2.39. The molecule has 1 aliphatic carbocycles. The molecule has 5 heteroatoms. The Morgan fingerprint density at radius 3 is 3.06 bits per heavy atom. The second-order valence-electron chi connectivity index (χ2n) is 4.18. The van der Waals surface area contributed by atoms with Crippen LogP contribution in [-0.4, -0.2) is 15.7 Å². The van der Waals surface area contributed by atoms with Gasteiger partial charge in [-0.15, -0.1) is 11.3 Å². The fourth-order valence-electron chi connectivity index (χ4n) is 2.19. The number of fused-ring (bicyclic) bond motifs is 3. The average molecular weight is 285 g/mol. The lowest BCUT2D eigenvalue weighted by atomic mass is 10.2. The molecule has 0 aliphatic heterocycles. The molecular formula is C12H13ClN2S2. The highest BCUT2D eigenvalue weighted by Gasteiger charge is 2.21. The quantitative estimate of drug-likeness (QED) is 0.476. The number of nitrogens with zero attached hydrogens (tertiary/aromatic N) is 2. The van der Waals surface area contributed by atoms with Crippen LogP contribution >= 0.6 is 34.7 Å². The normalized spacial score (nSPS) is 14.5. The molecule has 17 heavy (non-hydrogen) atoms. The van der Waals surface area contributed by atoms with Crippen molar-refractivity contribution in [2.45, 2.75) is 37.8 Å². The Labute approximate surface area is 114 Å². The van der Waals surface area contributed by atoms with Crippen LogP contribution in [0.2, 0.25) is 5.15 Å². The molecule has 0 radical (unpaired) electrons. The zero-order chi connectivity index (χ0) is 11.8. The summed E-state index contributed by atoms with van der Waals surface area (Å²) < 4.78 is 0. The molecule has 0 unspecified atom stereocenters. The standard InChI is InChI=1S/C12H13ClN2S2/c1-2-6-16-12-14-10(13)9-7-4-3-5-8(7)17-11(9)15-12/h2-6H2,1H3. The minimum atomic E-state index is 0.646. The van der Waals surface area contributed by atoms with E-state index in [1.807, 2.05) is 0 Å². The van der Waals surface area contributed by atoms with E-state index in [9.17, 15) is 0 Å². The summed E-state index contributed by atoms with van der Waals surface area (Å²) >= 11 is 9.80. The molecule has 0 saturated heterocycles. The molecule has 0 saturated carbocycles. The van der Waals surface area contributed by atoms with Crippen LogP contribution in [-0.2, 0) is 12.8 Å². The van der Waals surface area contributed by atoms with E-state index >= 15 is 0 Å². The van der Waals surface area contributed by atoms with Crippen molar-refractivity contribution in [1.82, 2.24) is 9.97 Å². The molecule has 90 valence electrons. The van der Waals surface area contributed by atoms with Crippen LogP contribution in [0.3, 0.4) is 0 Å². The smallest absolute Gasteiger partial charge is 0.190 e. The van der Waals surface area contributed by atoms with Crippen LogP contribution in [0.1, 0.15) is 30.2 Å². The van der Waals surface area contributed by atoms with Crippen molar-refractivity contribution in [3.05, 3.63) is 15.6 Å². The van der Waals surface area contributed by atoms with Gasteiger partial charge in [0.25, 0.3) is 0 Å². The third-order valence-electron chi connectivity index (χ3n) is 2.94. The summed E-state index contributed by atoms with van der Waals surface area (Å²) in [6, 6.07) is 0. The van der Waals surface area contributed by atoms with Gasteiger partial charge in [-0.2, -0.15) is 0 Å². The molecule has 0 spiro atoms. The van der Waals surface area contributed by atoms with E-state index < -0.39 is 0 Å². The first-order valence-corrected chi connectivity index (χ1v) is 8.08. The average Bonchev–Trinajstić information content (AvgIpc) is 2.85. The summed E-state index contributed by atoms with van der Waals surface area (Å²) in [5.74, 6) is 1.05. The number of aromatic nitrogens is 2. The SMILES string of the molecule is CCCSc1nc(Cl)c2c3c(sc2n1)CCC3. The number of thioether (sulfide) groups is 1. The minimum Gasteiger partial charge on any atom is -0.211 e. The van der Waals surface area contributed by atoms with Gasteiger partial charge in [0, 0.05) is 10.6 Å². The van der Waals surface area contributed by atoms with Crippen LogP contribution in [0.25, 0.3) is 10.2 Å². The summed E-state index contributed by atoms with van der Waals surface area (Å²) in [6.07, 6.45) is 4.70. The maximum Gasteiger partial charge on any atom is 0.190 e. The highest BCUT2D eigenvalue weighted by molar-refractivity contribution is 7.99. The van der Waals surface area contributed by atoms with Gasteiger partial charge in [0.15, 0.2) is 5.16 Å². The first-order chi connectivity index (χ1) is 8.29. The summed E-state index contributed by atoms with van der Waals surface area (Å²) in [6.45, 7) is 2.16. The first kappa shape index (κ1) is 11.8. The highest BCUT2D eigenvalue weighted by atomic mass is 35.5. The molecule has 2 aromatic rings. The van der Waals surface area contributed by atoms with E-state index in [1.165, 1.54) is 23.3 Å².